The largest absolute Gasteiger partial charge is 0.467 e. The molecule has 1 unspecified atom stereocenters. The van der Waals surface area contributed by atoms with Crippen molar-refractivity contribution in [2.75, 3.05) is 14.2 Å². The van der Waals surface area contributed by atoms with Crippen LogP contribution in [0.5, 0.6) is 0 Å². The van der Waals surface area contributed by atoms with E-state index in [1.54, 1.807) is 6.92 Å². The summed E-state index contributed by atoms with van der Waals surface area (Å²) in [4.78, 5) is 10.4. The number of hydrogen-bond donors (Lipinski definition) is 0. The zero-order valence-corrected chi connectivity index (χ0v) is 5.30. The van der Waals surface area contributed by atoms with Crippen LogP contribution in [0, 0.1) is 0 Å². The van der Waals surface area contributed by atoms with Crippen molar-refractivity contribution >= 4 is 5.97 Å². The van der Waals surface area contributed by atoms with Crippen LogP contribution in [0.15, 0.2) is 0 Å². The van der Waals surface area contributed by atoms with Gasteiger partial charge in [-0.3, -0.25) is 0 Å². The van der Waals surface area contributed by atoms with Gasteiger partial charge in [-0.15, -0.1) is 0 Å². The lowest BCUT2D eigenvalue weighted by Crippen LogP contribution is -2.19. The van der Waals surface area contributed by atoms with Crippen LogP contribution in [0.4, 0.5) is 0 Å². The minimum absolute atomic E-state index is 0. The summed E-state index contributed by atoms with van der Waals surface area (Å²) in [5.74, 6) is -0.340. The van der Waals surface area contributed by atoms with E-state index in [0.29, 0.717) is 0 Å². The van der Waals surface area contributed by atoms with E-state index in [2.05, 4.69) is 9.47 Å². The van der Waals surface area contributed by atoms with Crippen LogP contribution in [0.2, 0.25) is 0 Å². The highest BCUT2D eigenvalue weighted by atomic mass is 16.6. The molecule has 3 nitrogen and oxygen atoms in total. The highest BCUT2D eigenvalue weighted by Crippen LogP contribution is 1.88. The Morgan fingerprint density at radius 2 is 1.89 bits per heavy atom. The van der Waals surface area contributed by atoms with Crippen molar-refractivity contribution in [2.24, 2.45) is 0 Å². The maximum Gasteiger partial charge on any atom is 0.334 e. The molecule has 0 aliphatic rings. The van der Waals surface area contributed by atoms with E-state index >= 15 is 0 Å². The summed E-state index contributed by atoms with van der Waals surface area (Å²) >= 11 is 0. The van der Waals surface area contributed by atoms with Crippen LogP contribution < -0.4 is 0 Å². The molecule has 0 heterocycles. The summed E-state index contributed by atoms with van der Waals surface area (Å²) in [6.45, 7) is 1.63. The fourth-order valence-corrected chi connectivity index (χ4v) is 0.262. The number of carbonyl (C=O) groups excluding carboxylic acids is 1. The first-order valence-electron chi connectivity index (χ1n) is 2.33. The third kappa shape index (κ3) is 3.97. The van der Waals surface area contributed by atoms with Gasteiger partial charge in [0, 0.05) is 7.11 Å². The van der Waals surface area contributed by atoms with Crippen molar-refractivity contribution in [2.45, 2.75) is 20.5 Å². The van der Waals surface area contributed by atoms with E-state index in [1.165, 1.54) is 14.2 Å². The van der Waals surface area contributed by atoms with E-state index in [1.807, 2.05) is 0 Å². The second kappa shape index (κ2) is 5.56. The Kier molecular flexibility index (Phi) is 6.96. The molecule has 0 aromatic carbocycles. The first-order valence-corrected chi connectivity index (χ1v) is 2.33. The fraction of sp³-hybridized carbons (Fsp3) is 0.833. The third-order valence-corrected chi connectivity index (χ3v) is 0.887. The summed E-state index contributed by atoms with van der Waals surface area (Å²) in [5, 5.41) is 0. The summed E-state index contributed by atoms with van der Waals surface area (Å²) < 4.78 is 8.97. The van der Waals surface area contributed by atoms with Crippen molar-refractivity contribution in [3.63, 3.8) is 0 Å². The number of ether oxygens (including phenoxy) is 2. The maximum atomic E-state index is 10.4. The molecule has 0 aliphatic heterocycles. The molecule has 0 amide bonds. The zero-order valence-electron chi connectivity index (χ0n) is 5.30. The average molecular weight is 134 g/mol. The van der Waals surface area contributed by atoms with Gasteiger partial charge in [0.2, 0.25) is 0 Å². The van der Waals surface area contributed by atoms with Gasteiger partial charge in [-0.2, -0.15) is 0 Å². The topological polar surface area (TPSA) is 35.5 Å². The minimum Gasteiger partial charge on any atom is -0.467 e. The Morgan fingerprint density at radius 1 is 1.44 bits per heavy atom. The van der Waals surface area contributed by atoms with E-state index in [9.17, 15) is 4.79 Å². The number of esters is 1. The van der Waals surface area contributed by atoms with E-state index in [0.717, 1.165) is 0 Å². The monoisotopic (exact) mass is 134 g/mol. The summed E-state index contributed by atoms with van der Waals surface area (Å²) in [7, 11) is 2.79. The molecule has 1 atom stereocenters. The average Bonchev–Trinajstić information content (AvgIpc) is 1.84. The van der Waals surface area contributed by atoms with Crippen molar-refractivity contribution in [3.8, 4) is 0 Å². The van der Waals surface area contributed by atoms with Gasteiger partial charge in [-0.1, -0.05) is 7.43 Å². The fourth-order valence-electron chi connectivity index (χ4n) is 0.262. The summed E-state index contributed by atoms with van der Waals surface area (Å²) in [5.41, 5.74) is 0. The second-order valence-corrected chi connectivity index (χ2v) is 1.40. The molecule has 0 N–H and O–H groups in total. The van der Waals surface area contributed by atoms with Crippen LogP contribution in [0.25, 0.3) is 0 Å². The predicted octanol–water partition coefficient (Wildman–Crippen LogP) is 0.830. The molecule has 0 rings (SSSR count). The lowest BCUT2D eigenvalue weighted by Gasteiger charge is -2.04. The molecule has 0 aromatic rings. The van der Waals surface area contributed by atoms with Crippen LogP contribution in [-0.2, 0) is 14.3 Å². The van der Waals surface area contributed by atoms with Gasteiger partial charge in [0.15, 0.2) is 6.10 Å². The maximum absolute atomic E-state index is 10.4. The van der Waals surface area contributed by atoms with Gasteiger partial charge in [-0.05, 0) is 6.92 Å². The highest BCUT2D eigenvalue weighted by molar-refractivity contribution is 5.73. The Hall–Kier alpha value is -0.570. The Bertz CT molecular complexity index is 80.4. The molecule has 0 fully saturated rings. The molecule has 3 heteroatoms. The molecule has 0 aromatic heterocycles. The van der Waals surface area contributed by atoms with Crippen molar-refractivity contribution in [1.29, 1.82) is 0 Å². The van der Waals surface area contributed by atoms with Gasteiger partial charge >= 0.3 is 5.97 Å². The Balaban J connectivity index is 0. The van der Waals surface area contributed by atoms with Crippen LogP contribution in [0.1, 0.15) is 14.4 Å². The molecule has 0 saturated heterocycles. The molecular weight excluding hydrogens is 120 g/mol. The molecule has 56 valence electrons. The predicted molar refractivity (Wildman–Crippen MR) is 35.2 cm³/mol. The quantitative estimate of drug-likeness (QED) is 0.525. The summed E-state index contributed by atoms with van der Waals surface area (Å²) in [6.07, 6.45) is -0.444. The van der Waals surface area contributed by atoms with E-state index < -0.39 is 6.10 Å². The van der Waals surface area contributed by atoms with Crippen LogP contribution in [0.3, 0.4) is 0 Å². The molecule has 9 heavy (non-hydrogen) atoms. The summed E-state index contributed by atoms with van der Waals surface area (Å²) in [6, 6.07) is 0. The third-order valence-electron chi connectivity index (χ3n) is 0.887. The normalized spacial score (nSPS) is 11.4. The van der Waals surface area contributed by atoms with Crippen molar-refractivity contribution in [1.82, 2.24) is 0 Å². The smallest absolute Gasteiger partial charge is 0.334 e. The second-order valence-electron chi connectivity index (χ2n) is 1.40. The van der Waals surface area contributed by atoms with Gasteiger partial charge in [0.25, 0.3) is 0 Å². The van der Waals surface area contributed by atoms with E-state index in [-0.39, 0.29) is 13.4 Å². The molecule has 0 saturated carbocycles. The van der Waals surface area contributed by atoms with Crippen LogP contribution >= 0.6 is 0 Å². The minimum atomic E-state index is -0.444. The first kappa shape index (κ1) is 11.3. The van der Waals surface area contributed by atoms with Gasteiger partial charge in [0.1, 0.15) is 0 Å². The van der Waals surface area contributed by atoms with Crippen molar-refractivity contribution in [3.05, 3.63) is 0 Å². The molecule has 0 aliphatic carbocycles. The van der Waals surface area contributed by atoms with Gasteiger partial charge < -0.3 is 9.47 Å². The van der Waals surface area contributed by atoms with Crippen LogP contribution in [-0.4, -0.2) is 26.3 Å². The molecule has 0 bridgehead atoms. The Labute approximate surface area is 56.0 Å². The molecule has 0 radical (unpaired) electrons. The Morgan fingerprint density at radius 3 is 2.00 bits per heavy atom. The number of rotatable bonds is 2. The lowest BCUT2D eigenvalue weighted by atomic mass is 10.4. The number of carbonyl (C=O) groups is 1. The van der Waals surface area contributed by atoms with Gasteiger partial charge in [-0.25, -0.2) is 4.79 Å². The van der Waals surface area contributed by atoms with E-state index in [4.69, 9.17) is 0 Å². The highest BCUT2D eigenvalue weighted by Gasteiger charge is 2.09. The standard InChI is InChI=1S/C5H10O3.CH4/c1-4(7-2)5(6)8-3;/h4H,1-3H3;1H4. The zero-order chi connectivity index (χ0) is 6.57. The molecule has 0 spiro atoms. The first-order chi connectivity index (χ1) is 3.72. The number of hydrogen-bond acceptors (Lipinski definition) is 3. The lowest BCUT2D eigenvalue weighted by molar-refractivity contribution is -0.151. The van der Waals surface area contributed by atoms with Gasteiger partial charge in [0.05, 0.1) is 7.11 Å². The molecular formula is C6H14O3. The number of methoxy groups -OCH3 is 2. The SMILES string of the molecule is C.COC(=O)C(C)OC. The van der Waals surface area contributed by atoms with Crippen molar-refractivity contribution < 1.29 is 14.3 Å².